The Bertz CT molecular complexity index is 532. The molecule has 2 N–H and O–H groups in total. The number of aryl methyl sites for hydroxylation is 1. The van der Waals surface area contributed by atoms with Crippen LogP contribution in [0.1, 0.15) is 17.0 Å². The number of hydrogen-bond donors (Lipinski definition) is 1. The monoisotopic (exact) mass is 286 g/mol. The van der Waals surface area contributed by atoms with Gasteiger partial charge >= 0.3 is 6.18 Å². The van der Waals surface area contributed by atoms with Gasteiger partial charge < -0.3 is 5.73 Å². The zero-order valence-electron chi connectivity index (χ0n) is 10.1. The van der Waals surface area contributed by atoms with E-state index in [-0.39, 0.29) is 6.42 Å². The lowest BCUT2D eigenvalue weighted by atomic mass is 10.1. The molecule has 1 aromatic carbocycles. The van der Waals surface area contributed by atoms with E-state index in [0.29, 0.717) is 17.2 Å². The van der Waals surface area contributed by atoms with Crippen molar-refractivity contribution < 1.29 is 13.2 Å². The fourth-order valence-electron chi connectivity index (χ4n) is 1.62. The summed E-state index contributed by atoms with van der Waals surface area (Å²) in [6, 6.07) is 7.55. The highest BCUT2D eigenvalue weighted by atomic mass is 32.1. The molecule has 0 saturated carbocycles. The highest BCUT2D eigenvalue weighted by Crippen LogP contribution is 2.26. The molecule has 2 aromatic rings. The van der Waals surface area contributed by atoms with E-state index in [4.69, 9.17) is 5.73 Å². The topological polar surface area (TPSA) is 38.9 Å². The standard InChI is InChI=1S/C13H13F3N2S/c14-13(15,16)6-5-12-18-11(8-19-12)10-3-1-9(7-17)2-4-10/h1-4,8H,5-7,17H2. The van der Waals surface area contributed by atoms with E-state index in [2.05, 4.69) is 4.98 Å². The van der Waals surface area contributed by atoms with Crippen LogP contribution in [-0.4, -0.2) is 11.2 Å². The summed E-state index contributed by atoms with van der Waals surface area (Å²) in [5.41, 5.74) is 8.12. The molecule has 0 atom stereocenters. The summed E-state index contributed by atoms with van der Waals surface area (Å²) in [5, 5.41) is 2.29. The summed E-state index contributed by atoms with van der Waals surface area (Å²) >= 11 is 1.26. The number of hydrogen-bond acceptors (Lipinski definition) is 3. The van der Waals surface area contributed by atoms with Crippen LogP contribution in [0.4, 0.5) is 13.2 Å². The van der Waals surface area contributed by atoms with Crippen molar-refractivity contribution in [1.29, 1.82) is 0 Å². The van der Waals surface area contributed by atoms with Crippen LogP contribution in [-0.2, 0) is 13.0 Å². The first-order chi connectivity index (χ1) is 8.98. The highest BCUT2D eigenvalue weighted by molar-refractivity contribution is 7.09. The van der Waals surface area contributed by atoms with E-state index in [1.807, 2.05) is 24.3 Å². The van der Waals surface area contributed by atoms with Crippen LogP contribution >= 0.6 is 11.3 Å². The Morgan fingerprint density at radius 3 is 2.42 bits per heavy atom. The maximum atomic E-state index is 12.1. The van der Waals surface area contributed by atoms with Gasteiger partial charge in [0.25, 0.3) is 0 Å². The van der Waals surface area contributed by atoms with Crippen molar-refractivity contribution in [3.05, 3.63) is 40.2 Å². The molecule has 0 saturated heterocycles. The molecule has 0 spiro atoms. The summed E-state index contributed by atoms with van der Waals surface area (Å²) < 4.78 is 36.4. The Balaban J connectivity index is 2.07. The molecule has 1 aromatic heterocycles. The molecular weight excluding hydrogens is 273 g/mol. The molecule has 0 unspecified atom stereocenters. The lowest BCUT2D eigenvalue weighted by molar-refractivity contribution is -0.133. The Hall–Kier alpha value is -1.40. The van der Waals surface area contributed by atoms with Gasteiger partial charge in [0.1, 0.15) is 0 Å². The first-order valence-electron chi connectivity index (χ1n) is 5.78. The van der Waals surface area contributed by atoms with Crippen molar-refractivity contribution >= 4 is 11.3 Å². The molecule has 6 heteroatoms. The molecule has 0 bridgehead atoms. The van der Waals surface area contributed by atoms with Crippen molar-refractivity contribution in [3.8, 4) is 11.3 Å². The van der Waals surface area contributed by atoms with Crippen LogP contribution < -0.4 is 5.73 Å². The van der Waals surface area contributed by atoms with Crippen LogP contribution in [0.15, 0.2) is 29.6 Å². The van der Waals surface area contributed by atoms with Crippen LogP contribution in [0.2, 0.25) is 0 Å². The van der Waals surface area contributed by atoms with Crippen LogP contribution in [0.3, 0.4) is 0 Å². The van der Waals surface area contributed by atoms with Gasteiger partial charge in [-0.3, -0.25) is 0 Å². The summed E-state index contributed by atoms with van der Waals surface area (Å²) in [6.45, 7) is 0.466. The second-order valence-electron chi connectivity index (χ2n) is 4.14. The molecule has 102 valence electrons. The Kier molecular flexibility index (Phi) is 4.21. The van der Waals surface area contributed by atoms with E-state index in [9.17, 15) is 13.2 Å². The molecule has 0 aliphatic rings. The minimum absolute atomic E-state index is 0.0605. The number of rotatable bonds is 4. The minimum Gasteiger partial charge on any atom is -0.326 e. The number of aromatic nitrogens is 1. The van der Waals surface area contributed by atoms with Crippen molar-refractivity contribution in [3.63, 3.8) is 0 Å². The number of alkyl halides is 3. The summed E-state index contributed by atoms with van der Waals surface area (Å²) in [5.74, 6) is 0. The molecule has 0 aliphatic heterocycles. The quantitative estimate of drug-likeness (QED) is 0.929. The predicted molar refractivity (Wildman–Crippen MR) is 69.8 cm³/mol. The van der Waals surface area contributed by atoms with Crippen molar-refractivity contribution in [2.24, 2.45) is 5.73 Å². The normalized spacial score (nSPS) is 11.8. The first-order valence-corrected chi connectivity index (χ1v) is 6.66. The highest BCUT2D eigenvalue weighted by Gasteiger charge is 2.27. The average Bonchev–Trinajstić information content (AvgIpc) is 2.84. The predicted octanol–water partition coefficient (Wildman–Crippen LogP) is 3.76. The number of benzene rings is 1. The molecular formula is C13H13F3N2S. The number of halogens is 3. The summed E-state index contributed by atoms with van der Waals surface area (Å²) in [6.07, 6.45) is -5.02. The zero-order chi connectivity index (χ0) is 13.9. The van der Waals surface area contributed by atoms with E-state index in [0.717, 1.165) is 11.1 Å². The summed E-state index contributed by atoms with van der Waals surface area (Å²) in [4.78, 5) is 4.23. The lowest BCUT2D eigenvalue weighted by Crippen LogP contribution is -2.08. The van der Waals surface area contributed by atoms with Gasteiger partial charge in [0.15, 0.2) is 0 Å². The van der Waals surface area contributed by atoms with E-state index < -0.39 is 12.6 Å². The molecule has 0 radical (unpaired) electrons. The Labute approximate surface area is 113 Å². The van der Waals surface area contributed by atoms with Crippen molar-refractivity contribution in [2.45, 2.75) is 25.6 Å². The Morgan fingerprint density at radius 1 is 1.16 bits per heavy atom. The van der Waals surface area contributed by atoms with E-state index in [1.54, 1.807) is 5.38 Å². The summed E-state index contributed by atoms with van der Waals surface area (Å²) in [7, 11) is 0. The van der Waals surface area contributed by atoms with Gasteiger partial charge in [-0.15, -0.1) is 11.3 Å². The SMILES string of the molecule is NCc1ccc(-c2csc(CCC(F)(F)F)n2)cc1. The Morgan fingerprint density at radius 2 is 1.84 bits per heavy atom. The fraction of sp³-hybridized carbons (Fsp3) is 0.308. The number of nitrogens with two attached hydrogens (primary N) is 1. The van der Waals surface area contributed by atoms with Crippen molar-refractivity contribution in [1.82, 2.24) is 4.98 Å². The molecule has 19 heavy (non-hydrogen) atoms. The minimum atomic E-state index is -4.13. The average molecular weight is 286 g/mol. The van der Waals surface area contributed by atoms with E-state index in [1.165, 1.54) is 11.3 Å². The van der Waals surface area contributed by atoms with Gasteiger partial charge in [-0.1, -0.05) is 24.3 Å². The zero-order valence-corrected chi connectivity index (χ0v) is 10.9. The fourth-order valence-corrected chi connectivity index (χ4v) is 2.43. The smallest absolute Gasteiger partial charge is 0.326 e. The maximum absolute atomic E-state index is 12.1. The third kappa shape index (κ3) is 4.04. The van der Waals surface area contributed by atoms with Gasteiger partial charge in [-0.05, 0) is 5.56 Å². The van der Waals surface area contributed by atoms with Gasteiger partial charge in [0.05, 0.1) is 10.7 Å². The number of thiazole rings is 1. The second kappa shape index (κ2) is 5.71. The largest absolute Gasteiger partial charge is 0.389 e. The first kappa shape index (κ1) is 14.0. The van der Waals surface area contributed by atoms with Gasteiger partial charge in [0, 0.05) is 30.3 Å². The molecule has 1 heterocycles. The maximum Gasteiger partial charge on any atom is 0.389 e. The molecule has 2 rings (SSSR count). The van der Waals surface area contributed by atoms with Crippen molar-refractivity contribution in [2.75, 3.05) is 0 Å². The third-order valence-corrected chi connectivity index (χ3v) is 3.57. The second-order valence-corrected chi connectivity index (χ2v) is 5.09. The van der Waals surface area contributed by atoms with Gasteiger partial charge in [0.2, 0.25) is 0 Å². The third-order valence-electron chi connectivity index (χ3n) is 2.66. The lowest BCUT2D eigenvalue weighted by Gasteiger charge is -2.03. The molecule has 0 amide bonds. The number of nitrogens with zero attached hydrogens (tertiary/aromatic N) is 1. The van der Waals surface area contributed by atoms with Crippen LogP contribution in [0.5, 0.6) is 0 Å². The van der Waals surface area contributed by atoms with Crippen LogP contribution in [0, 0.1) is 0 Å². The van der Waals surface area contributed by atoms with Gasteiger partial charge in [-0.25, -0.2) is 4.98 Å². The van der Waals surface area contributed by atoms with Gasteiger partial charge in [-0.2, -0.15) is 13.2 Å². The molecule has 0 aliphatic carbocycles. The molecule has 0 fully saturated rings. The van der Waals surface area contributed by atoms with E-state index >= 15 is 0 Å². The van der Waals surface area contributed by atoms with Crippen LogP contribution in [0.25, 0.3) is 11.3 Å². The molecule has 2 nitrogen and oxygen atoms in total.